The van der Waals surface area contributed by atoms with Crippen molar-refractivity contribution >= 4 is 11.6 Å². The van der Waals surface area contributed by atoms with Crippen LogP contribution in [0.25, 0.3) is 11.1 Å². The molecule has 1 N–H and O–H groups in total. The number of halogens is 4. The molecule has 0 unspecified atom stereocenters. The summed E-state index contributed by atoms with van der Waals surface area (Å²) in [6.07, 6.45) is -4.72. The van der Waals surface area contributed by atoms with Crippen LogP contribution < -0.4 is 5.56 Å². The van der Waals surface area contributed by atoms with E-state index < -0.39 is 23.2 Å². The average Bonchev–Trinajstić information content (AvgIpc) is 2.35. The van der Waals surface area contributed by atoms with Crippen LogP contribution in [0, 0.1) is 0 Å². The number of hydrogen-bond donors (Lipinski definition) is 1. The van der Waals surface area contributed by atoms with E-state index in [1.54, 1.807) is 0 Å². The summed E-state index contributed by atoms with van der Waals surface area (Å²) in [5.74, 6) is -0.720. The summed E-state index contributed by atoms with van der Waals surface area (Å²) in [5, 5.41) is 10.2. The first-order valence-corrected chi connectivity index (χ1v) is 5.85. The highest BCUT2D eigenvalue weighted by atomic mass is 35.5. The van der Waals surface area contributed by atoms with Crippen LogP contribution in [-0.2, 0) is 13.2 Å². The Hall–Kier alpha value is -1.95. The van der Waals surface area contributed by atoms with E-state index in [1.165, 1.54) is 24.3 Å². The molecule has 1 aromatic carbocycles. The summed E-state index contributed by atoms with van der Waals surface area (Å²) in [7, 11) is 1.00. The summed E-state index contributed by atoms with van der Waals surface area (Å²) < 4.78 is 38.6. The second-order valence-corrected chi connectivity index (χ2v) is 4.60. The lowest BCUT2D eigenvalue weighted by Gasteiger charge is -2.14. The number of rotatable bonds is 1. The van der Waals surface area contributed by atoms with E-state index in [2.05, 4.69) is 0 Å². The van der Waals surface area contributed by atoms with Gasteiger partial charge in [0.25, 0.3) is 5.56 Å². The normalized spacial score (nSPS) is 11.7. The van der Waals surface area contributed by atoms with Gasteiger partial charge in [0, 0.05) is 18.1 Å². The molecule has 0 fully saturated rings. The van der Waals surface area contributed by atoms with Gasteiger partial charge >= 0.3 is 6.18 Å². The van der Waals surface area contributed by atoms with Crippen molar-refractivity contribution < 1.29 is 18.3 Å². The number of alkyl halides is 3. The van der Waals surface area contributed by atoms with Crippen molar-refractivity contribution in [2.24, 2.45) is 7.05 Å². The second kappa shape index (κ2) is 4.86. The van der Waals surface area contributed by atoms with Crippen molar-refractivity contribution in [3.8, 4) is 16.9 Å². The number of aromatic nitrogens is 1. The Balaban J connectivity index is 2.71. The quantitative estimate of drug-likeness (QED) is 0.877. The van der Waals surface area contributed by atoms with Crippen molar-refractivity contribution in [1.82, 2.24) is 4.57 Å². The lowest BCUT2D eigenvalue weighted by molar-refractivity contribution is -0.143. The second-order valence-electron chi connectivity index (χ2n) is 4.16. The van der Waals surface area contributed by atoms with E-state index in [-0.39, 0.29) is 5.56 Å². The molecule has 3 nitrogen and oxygen atoms in total. The van der Waals surface area contributed by atoms with Gasteiger partial charge in [-0.2, -0.15) is 13.2 Å². The fourth-order valence-corrected chi connectivity index (χ4v) is 1.97. The van der Waals surface area contributed by atoms with Gasteiger partial charge in [-0.1, -0.05) is 23.7 Å². The van der Waals surface area contributed by atoms with Crippen molar-refractivity contribution in [1.29, 1.82) is 0 Å². The van der Waals surface area contributed by atoms with E-state index in [9.17, 15) is 23.1 Å². The number of aromatic hydroxyl groups is 1. The molecule has 0 bridgehead atoms. The zero-order valence-electron chi connectivity index (χ0n) is 10.2. The van der Waals surface area contributed by atoms with Gasteiger partial charge in [-0.3, -0.25) is 4.79 Å². The molecule has 7 heteroatoms. The Morgan fingerprint density at radius 3 is 2.25 bits per heavy atom. The molecule has 0 aliphatic rings. The maximum absolute atomic E-state index is 12.7. The average molecular weight is 304 g/mol. The molecule has 0 amide bonds. The molecule has 20 heavy (non-hydrogen) atoms. The van der Waals surface area contributed by atoms with Gasteiger partial charge in [0.1, 0.15) is 11.4 Å². The molecular weight excluding hydrogens is 295 g/mol. The first-order valence-electron chi connectivity index (χ1n) is 5.48. The molecule has 0 spiro atoms. The SMILES string of the molecule is Cn1c(C(F)(F)F)cc(O)c(-c2ccc(Cl)cc2)c1=O. The monoisotopic (exact) mass is 303 g/mol. The molecule has 0 radical (unpaired) electrons. The summed E-state index contributed by atoms with van der Waals surface area (Å²) in [4.78, 5) is 12.0. The van der Waals surface area contributed by atoms with Crippen LogP contribution in [0.3, 0.4) is 0 Å². The standard InChI is InChI=1S/C13H9ClF3NO2/c1-18-10(13(15,16)17)6-9(19)11(12(18)20)7-2-4-8(14)5-3-7/h2-6,19H,1H3. The van der Waals surface area contributed by atoms with E-state index >= 15 is 0 Å². The van der Waals surface area contributed by atoms with Crippen molar-refractivity contribution in [2.45, 2.75) is 6.18 Å². The van der Waals surface area contributed by atoms with Gasteiger partial charge in [0.2, 0.25) is 0 Å². The summed E-state index contributed by atoms with van der Waals surface area (Å²) in [6, 6.07) is 6.39. The first kappa shape index (κ1) is 14.5. The molecule has 0 aliphatic heterocycles. The Kier molecular flexibility index (Phi) is 3.52. The summed E-state index contributed by atoms with van der Waals surface area (Å²) in [5.41, 5.74) is -2.05. The molecule has 2 aromatic rings. The minimum atomic E-state index is -4.72. The van der Waals surface area contributed by atoms with E-state index in [1.807, 2.05) is 0 Å². The Morgan fingerprint density at radius 2 is 1.75 bits per heavy atom. The predicted octanol–water partition coefficient (Wildman–Crippen LogP) is 3.43. The highest BCUT2D eigenvalue weighted by Gasteiger charge is 2.35. The third kappa shape index (κ3) is 2.51. The predicted molar refractivity (Wildman–Crippen MR) is 68.8 cm³/mol. The van der Waals surface area contributed by atoms with Crippen molar-refractivity contribution in [2.75, 3.05) is 0 Å². The molecule has 0 saturated carbocycles. The van der Waals surface area contributed by atoms with Gasteiger partial charge in [-0.05, 0) is 17.7 Å². The maximum Gasteiger partial charge on any atom is 0.431 e. The van der Waals surface area contributed by atoms with E-state index in [4.69, 9.17) is 11.6 Å². The van der Waals surface area contributed by atoms with Crippen LogP contribution in [-0.4, -0.2) is 9.67 Å². The van der Waals surface area contributed by atoms with Crippen molar-refractivity contribution in [3.63, 3.8) is 0 Å². The summed E-state index contributed by atoms with van der Waals surface area (Å²) >= 11 is 5.70. The fraction of sp³-hybridized carbons (Fsp3) is 0.154. The third-order valence-corrected chi connectivity index (χ3v) is 3.08. The molecule has 1 aromatic heterocycles. The molecule has 106 valence electrons. The molecule has 2 rings (SSSR count). The fourth-order valence-electron chi connectivity index (χ4n) is 1.85. The van der Waals surface area contributed by atoms with E-state index in [0.717, 1.165) is 7.05 Å². The number of benzene rings is 1. The smallest absolute Gasteiger partial charge is 0.431 e. The van der Waals surface area contributed by atoms with Crippen LogP contribution in [0.1, 0.15) is 5.69 Å². The van der Waals surface area contributed by atoms with Crippen LogP contribution in [0.2, 0.25) is 5.02 Å². The zero-order valence-corrected chi connectivity index (χ0v) is 11.0. The highest BCUT2D eigenvalue weighted by molar-refractivity contribution is 6.30. The largest absolute Gasteiger partial charge is 0.507 e. The Labute approximate surface area is 116 Å². The van der Waals surface area contributed by atoms with Crippen LogP contribution >= 0.6 is 11.6 Å². The minimum absolute atomic E-state index is 0.197. The molecular formula is C13H9ClF3NO2. The van der Waals surface area contributed by atoms with Crippen molar-refractivity contribution in [3.05, 3.63) is 51.4 Å². The molecule has 1 heterocycles. The van der Waals surface area contributed by atoms with Crippen LogP contribution in [0.5, 0.6) is 5.75 Å². The first-order chi connectivity index (χ1) is 9.21. The van der Waals surface area contributed by atoms with Crippen LogP contribution in [0.15, 0.2) is 35.1 Å². The Bertz CT molecular complexity index is 705. The third-order valence-electron chi connectivity index (χ3n) is 2.83. The van der Waals surface area contributed by atoms with Gasteiger partial charge in [0.05, 0.1) is 5.56 Å². The highest BCUT2D eigenvalue weighted by Crippen LogP contribution is 2.34. The van der Waals surface area contributed by atoms with Gasteiger partial charge in [-0.15, -0.1) is 0 Å². The lowest BCUT2D eigenvalue weighted by atomic mass is 10.1. The molecule has 0 aliphatic carbocycles. The number of hydrogen-bond acceptors (Lipinski definition) is 2. The number of pyridine rings is 1. The van der Waals surface area contributed by atoms with Gasteiger partial charge in [-0.25, -0.2) is 0 Å². The maximum atomic E-state index is 12.7. The van der Waals surface area contributed by atoms with E-state index in [0.29, 0.717) is 21.2 Å². The Morgan fingerprint density at radius 1 is 1.20 bits per heavy atom. The van der Waals surface area contributed by atoms with Gasteiger partial charge in [0.15, 0.2) is 0 Å². The van der Waals surface area contributed by atoms with Crippen LogP contribution in [0.4, 0.5) is 13.2 Å². The summed E-state index contributed by atoms with van der Waals surface area (Å²) in [6.45, 7) is 0. The molecule has 0 saturated heterocycles. The number of nitrogens with zero attached hydrogens (tertiary/aromatic N) is 1. The minimum Gasteiger partial charge on any atom is -0.507 e. The lowest BCUT2D eigenvalue weighted by Crippen LogP contribution is -2.26. The zero-order chi connectivity index (χ0) is 15.1. The topological polar surface area (TPSA) is 42.2 Å². The molecule has 0 atom stereocenters. The van der Waals surface area contributed by atoms with Gasteiger partial charge < -0.3 is 9.67 Å².